The van der Waals surface area contributed by atoms with E-state index in [0.717, 1.165) is 15.4 Å². The summed E-state index contributed by atoms with van der Waals surface area (Å²) in [6.45, 7) is 0.751. The zero-order valence-corrected chi connectivity index (χ0v) is 22.6. The zero-order valence-electron chi connectivity index (χ0n) is 21.1. The van der Waals surface area contributed by atoms with Crippen LogP contribution in [0, 0.1) is 5.82 Å². The number of nitrogens with zero attached hydrogens (tertiary/aromatic N) is 5. The fourth-order valence-corrected chi connectivity index (χ4v) is 4.94. The molecular weight excluding hydrogens is 581 g/mol. The van der Waals surface area contributed by atoms with E-state index in [9.17, 15) is 14.0 Å². The molecule has 0 saturated carbocycles. The van der Waals surface area contributed by atoms with E-state index in [2.05, 4.69) is 31.7 Å². The van der Waals surface area contributed by atoms with Crippen LogP contribution in [0.4, 0.5) is 15.1 Å². The van der Waals surface area contributed by atoms with Crippen molar-refractivity contribution in [2.45, 2.75) is 12.6 Å². The van der Waals surface area contributed by atoms with Gasteiger partial charge in [0.1, 0.15) is 18.5 Å². The summed E-state index contributed by atoms with van der Waals surface area (Å²) < 4.78 is 21.3. The minimum Gasteiger partial charge on any atom is -0.445 e. The summed E-state index contributed by atoms with van der Waals surface area (Å²) in [5, 5.41) is 11.4. The van der Waals surface area contributed by atoms with Gasteiger partial charge >= 0.3 is 6.09 Å². The highest BCUT2D eigenvalue weighted by Crippen LogP contribution is 2.29. The molecule has 0 unspecified atom stereocenters. The highest BCUT2D eigenvalue weighted by atomic mass is 79.9. The number of aromatic nitrogens is 4. The summed E-state index contributed by atoms with van der Waals surface area (Å²) in [6, 6.07) is 20.0. The second-order valence-corrected chi connectivity index (χ2v) is 10.1. The van der Waals surface area contributed by atoms with Crippen LogP contribution in [-0.2, 0) is 16.1 Å². The van der Waals surface area contributed by atoms with Crippen molar-refractivity contribution in [1.29, 1.82) is 0 Å². The Labute approximate surface area is 236 Å². The van der Waals surface area contributed by atoms with Gasteiger partial charge in [0.05, 0.1) is 12.1 Å². The predicted molar refractivity (Wildman–Crippen MR) is 150 cm³/mol. The van der Waals surface area contributed by atoms with Crippen LogP contribution in [0.2, 0.25) is 0 Å². The van der Waals surface area contributed by atoms with E-state index in [-0.39, 0.29) is 37.4 Å². The number of para-hydroxylation sites is 1. The summed E-state index contributed by atoms with van der Waals surface area (Å²) in [4.78, 5) is 36.9. The van der Waals surface area contributed by atoms with Crippen molar-refractivity contribution in [3.05, 3.63) is 88.6 Å². The van der Waals surface area contributed by atoms with Gasteiger partial charge in [0.15, 0.2) is 11.5 Å². The number of carbonyl (C=O) groups excluding carboxylic acids is 2. The Kier molecular flexibility index (Phi) is 6.99. The van der Waals surface area contributed by atoms with Crippen molar-refractivity contribution in [2.24, 2.45) is 0 Å². The second-order valence-electron chi connectivity index (χ2n) is 9.22. The Morgan fingerprint density at radius 1 is 1.07 bits per heavy atom. The van der Waals surface area contributed by atoms with Crippen LogP contribution >= 0.6 is 15.9 Å². The lowest BCUT2D eigenvalue weighted by Gasteiger charge is -2.23. The van der Waals surface area contributed by atoms with E-state index in [1.165, 1.54) is 21.5 Å². The number of nitrogens with one attached hydrogen (secondary N) is 2. The van der Waals surface area contributed by atoms with Crippen molar-refractivity contribution in [3.8, 4) is 11.4 Å². The molecule has 0 bridgehead atoms. The molecule has 3 heterocycles. The molecule has 2 aromatic heterocycles. The first-order chi connectivity index (χ1) is 19.5. The van der Waals surface area contributed by atoms with E-state index >= 15 is 0 Å². The molecule has 202 valence electrons. The van der Waals surface area contributed by atoms with E-state index in [1.54, 1.807) is 12.1 Å². The molecule has 5 aromatic rings. The molecular formula is C28H23BrFN7O3. The maximum Gasteiger partial charge on any atom is 0.410 e. The molecule has 1 fully saturated rings. The van der Waals surface area contributed by atoms with E-state index in [4.69, 9.17) is 14.7 Å². The van der Waals surface area contributed by atoms with Gasteiger partial charge < -0.3 is 20.3 Å². The molecule has 1 aliphatic heterocycles. The van der Waals surface area contributed by atoms with E-state index in [1.807, 2.05) is 48.5 Å². The van der Waals surface area contributed by atoms with E-state index in [0.29, 0.717) is 29.1 Å². The molecule has 0 radical (unpaired) electrons. The predicted octanol–water partition coefficient (Wildman–Crippen LogP) is 4.40. The van der Waals surface area contributed by atoms with Gasteiger partial charge in [0, 0.05) is 28.5 Å². The van der Waals surface area contributed by atoms with Gasteiger partial charge in [-0.15, -0.1) is 5.10 Å². The number of ether oxygens (including phenoxy) is 1. The Morgan fingerprint density at radius 2 is 1.88 bits per heavy atom. The average Bonchev–Trinajstić information content (AvgIpc) is 3.34. The minimum atomic E-state index is -0.846. The molecule has 6 rings (SSSR count). The Hall–Kier alpha value is -4.58. The van der Waals surface area contributed by atoms with Gasteiger partial charge in [-0.25, -0.2) is 19.2 Å². The molecule has 2 amide bonds. The van der Waals surface area contributed by atoms with Crippen LogP contribution < -0.4 is 10.6 Å². The van der Waals surface area contributed by atoms with Crippen LogP contribution in [0.5, 0.6) is 0 Å². The van der Waals surface area contributed by atoms with Gasteiger partial charge in [0.25, 0.3) is 0 Å². The number of carbonyl (C=O) groups is 2. The molecule has 1 aliphatic rings. The van der Waals surface area contributed by atoms with Gasteiger partial charge in [0.2, 0.25) is 11.9 Å². The number of halogens is 2. The quantitative estimate of drug-likeness (QED) is 0.306. The first-order valence-corrected chi connectivity index (χ1v) is 13.4. The third-order valence-electron chi connectivity index (χ3n) is 6.52. The van der Waals surface area contributed by atoms with Crippen LogP contribution in [0.15, 0.2) is 77.3 Å². The number of rotatable bonds is 5. The lowest BCUT2D eigenvalue weighted by Crippen LogP contribution is -2.44. The van der Waals surface area contributed by atoms with Gasteiger partial charge in [-0.2, -0.15) is 4.52 Å². The number of anilines is 1. The minimum absolute atomic E-state index is 0.0517. The van der Waals surface area contributed by atoms with Crippen molar-refractivity contribution in [2.75, 3.05) is 25.0 Å². The number of fused-ring (bicyclic) bond motifs is 3. The number of hydrogen-bond donors (Lipinski definition) is 2. The third-order valence-corrected chi connectivity index (χ3v) is 7.16. The monoisotopic (exact) mass is 603 g/mol. The average molecular weight is 604 g/mol. The van der Waals surface area contributed by atoms with Gasteiger partial charge in [-0.05, 0) is 57.9 Å². The summed E-state index contributed by atoms with van der Waals surface area (Å²) in [5.41, 5.74) is 2.61. The fraction of sp³-hybridized carbons (Fsp3) is 0.179. The number of benzene rings is 3. The lowest BCUT2D eigenvalue weighted by atomic mass is 10.2. The maximum atomic E-state index is 13.5. The normalized spacial score (nSPS) is 15.6. The van der Waals surface area contributed by atoms with Crippen molar-refractivity contribution >= 4 is 50.4 Å². The molecule has 1 atom stereocenters. The second kappa shape index (κ2) is 10.9. The highest BCUT2D eigenvalue weighted by Gasteiger charge is 2.30. The number of hydrogen-bond acceptors (Lipinski definition) is 7. The molecule has 0 aliphatic carbocycles. The van der Waals surface area contributed by atoms with Crippen molar-refractivity contribution < 1.29 is 18.7 Å². The standard InChI is InChI=1S/C28H23BrFN7O3/c29-21-8-4-7-20-23(21)33-27(37-25(20)34-24(35-37)18-9-11-19(30)12-10-18)32-22-15-36(14-13-31-26(22)38)28(39)40-16-17-5-2-1-3-6-17/h1-12,22H,13-16H2,(H,31,38)(H,32,33)/t22-/m0/s1. The Morgan fingerprint density at radius 3 is 2.67 bits per heavy atom. The molecule has 0 spiro atoms. The van der Waals surface area contributed by atoms with Crippen LogP contribution in [0.1, 0.15) is 5.56 Å². The highest BCUT2D eigenvalue weighted by molar-refractivity contribution is 9.10. The first-order valence-electron chi connectivity index (χ1n) is 12.6. The summed E-state index contributed by atoms with van der Waals surface area (Å²) in [6.07, 6.45) is -0.522. The van der Waals surface area contributed by atoms with Crippen LogP contribution in [0.3, 0.4) is 0 Å². The van der Waals surface area contributed by atoms with Gasteiger partial charge in [-0.3, -0.25) is 4.79 Å². The molecule has 1 saturated heterocycles. The summed E-state index contributed by atoms with van der Waals surface area (Å²) in [5.74, 6) is -0.0276. The third kappa shape index (κ3) is 5.17. The molecule has 3 aromatic carbocycles. The van der Waals surface area contributed by atoms with Crippen molar-refractivity contribution in [3.63, 3.8) is 0 Å². The largest absolute Gasteiger partial charge is 0.445 e. The van der Waals surface area contributed by atoms with Crippen LogP contribution in [-0.4, -0.2) is 62.2 Å². The van der Waals surface area contributed by atoms with E-state index < -0.39 is 12.1 Å². The zero-order chi connectivity index (χ0) is 27.6. The Bertz CT molecular complexity index is 1710. The number of amides is 2. The topological polar surface area (TPSA) is 114 Å². The fourth-order valence-electron chi connectivity index (χ4n) is 4.49. The van der Waals surface area contributed by atoms with Crippen molar-refractivity contribution in [1.82, 2.24) is 29.8 Å². The SMILES string of the molecule is O=C1NCCN(C(=O)OCc2ccccc2)C[C@@H]1Nc1nc2c(Br)cccc2c2nc(-c3ccc(F)cc3)nn12. The molecule has 2 N–H and O–H groups in total. The van der Waals surface area contributed by atoms with Crippen LogP contribution in [0.25, 0.3) is 27.9 Å². The first kappa shape index (κ1) is 25.7. The summed E-state index contributed by atoms with van der Waals surface area (Å²) >= 11 is 3.55. The smallest absolute Gasteiger partial charge is 0.410 e. The molecule has 10 nitrogen and oxygen atoms in total. The molecule has 40 heavy (non-hydrogen) atoms. The summed E-state index contributed by atoms with van der Waals surface area (Å²) in [7, 11) is 0. The molecule has 12 heteroatoms. The maximum absolute atomic E-state index is 13.5. The van der Waals surface area contributed by atoms with Gasteiger partial charge in [-0.1, -0.05) is 36.4 Å². The lowest BCUT2D eigenvalue weighted by molar-refractivity contribution is -0.121. The Balaban J connectivity index is 1.32.